The Kier molecular flexibility index (Phi) is 5.52. The van der Waals surface area contributed by atoms with Gasteiger partial charge in [-0.3, -0.25) is 4.79 Å². The molecule has 3 nitrogen and oxygen atoms in total. The Morgan fingerprint density at radius 1 is 1.00 bits per heavy atom. The molecule has 0 aliphatic carbocycles. The number of carbonyl (C=O) groups is 1. The molecule has 3 heteroatoms. The molecular weight excluding hydrogens is 262 g/mol. The molecule has 0 heterocycles. The smallest absolute Gasteiger partial charge is 0.249 e. The molecular formula is C18H21NO2. The highest BCUT2D eigenvalue weighted by Crippen LogP contribution is 2.28. The number of carbonyl (C=O) groups excluding carboxylic acids is 1. The molecule has 0 saturated heterocycles. The number of nitrogens with zero attached hydrogens (tertiary/aromatic N) is 1. The molecule has 21 heavy (non-hydrogen) atoms. The fraction of sp³-hybridized carbons (Fsp3) is 0.278. The number of hydrogen-bond donors (Lipinski definition) is 0. The number of amides is 1. The molecule has 0 unspecified atom stereocenters. The number of rotatable bonds is 6. The van der Waals surface area contributed by atoms with Crippen LogP contribution in [-0.4, -0.2) is 31.1 Å². The second kappa shape index (κ2) is 7.60. The zero-order chi connectivity index (χ0) is 15.1. The van der Waals surface area contributed by atoms with Gasteiger partial charge in [0.1, 0.15) is 6.61 Å². The lowest BCUT2D eigenvalue weighted by Crippen LogP contribution is -2.37. The lowest BCUT2D eigenvalue weighted by molar-refractivity contribution is -0.136. The van der Waals surface area contributed by atoms with Gasteiger partial charge in [-0.25, -0.2) is 0 Å². The Morgan fingerprint density at radius 3 is 1.86 bits per heavy atom. The molecule has 0 aliphatic rings. The Hall–Kier alpha value is -2.13. The van der Waals surface area contributed by atoms with E-state index >= 15 is 0 Å². The molecule has 0 saturated carbocycles. The maximum Gasteiger partial charge on any atom is 0.249 e. The van der Waals surface area contributed by atoms with Crippen molar-refractivity contribution in [1.82, 2.24) is 4.90 Å². The summed E-state index contributed by atoms with van der Waals surface area (Å²) in [5, 5.41) is 0. The fourth-order valence-corrected chi connectivity index (χ4v) is 2.53. The van der Waals surface area contributed by atoms with Gasteiger partial charge in [0.15, 0.2) is 0 Å². The van der Waals surface area contributed by atoms with E-state index in [2.05, 4.69) is 24.3 Å². The second-order valence-corrected chi connectivity index (χ2v) is 4.84. The average molecular weight is 283 g/mol. The van der Waals surface area contributed by atoms with E-state index in [-0.39, 0.29) is 18.6 Å². The fourth-order valence-electron chi connectivity index (χ4n) is 2.53. The van der Waals surface area contributed by atoms with Gasteiger partial charge in [0, 0.05) is 13.7 Å². The molecule has 0 radical (unpaired) electrons. The largest absolute Gasteiger partial charge is 0.375 e. The number of benzene rings is 2. The standard InChI is InChI=1S/C18H21NO2/c1-3-19(17(20)14-21-2)18(15-10-6-4-7-11-15)16-12-8-5-9-13-16/h4-13,18H,3,14H2,1-2H3. The number of ether oxygens (including phenoxy) is 1. The van der Waals surface area contributed by atoms with Gasteiger partial charge in [0.2, 0.25) is 5.91 Å². The van der Waals surface area contributed by atoms with E-state index in [1.54, 1.807) is 7.11 Å². The quantitative estimate of drug-likeness (QED) is 0.814. The van der Waals surface area contributed by atoms with Gasteiger partial charge in [-0.1, -0.05) is 60.7 Å². The van der Waals surface area contributed by atoms with E-state index in [0.29, 0.717) is 6.54 Å². The minimum atomic E-state index is -0.0833. The molecule has 2 rings (SSSR count). The van der Waals surface area contributed by atoms with Crippen molar-refractivity contribution in [1.29, 1.82) is 0 Å². The molecule has 0 aliphatic heterocycles. The maximum absolute atomic E-state index is 12.4. The van der Waals surface area contributed by atoms with E-state index in [9.17, 15) is 4.79 Å². The van der Waals surface area contributed by atoms with Crippen molar-refractivity contribution in [2.75, 3.05) is 20.3 Å². The molecule has 0 N–H and O–H groups in total. The van der Waals surface area contributed by atoms with Gasteiger partial charge >= 0.3 is 0 Å². The first-order chi connectivity index (χ1) is 10.3. The minimum Gasteiger partial charge on any atom is -0.375 e. The second-order valence-electron chi connectivity index (χ2n) is 4.84. The number of likely N-dealkylation sites (N-methyl/N-ethyl adjacent to an activating group) is 1. The molecule has 0 bridgehead atoms. The van der Waals surface area contributed by atoms with Crippen LogP contribution in [0.5, 0.6) is 0 Å². The van der Waals surface area contributed by atoms with Crippen LogP contribution in [0.2, 0.25) is 0 Å². The van der Waals surface area contributed by atoms with Gasteiger partial charge in [0.05, 0.1) is 6.04 Å². The summed E-state index contributed by atoms with van der Waals surface area (Å²) >= 11 is 0. The van der Waals surface area contributed by atoms with Crippen molar-refractivity contribution in [3.05, 3.63) is 71.8 Å². The van der Waals surface area contributed by atoms with Crippen molar-refractivity contribution in [2.24, 2.45) is 0 Å². The van der Waals surface area contributed by atoms with Gasteiger partial charge in [-0.15, -0.1) is 0 Å². The van der Waals surface area contributed by atoms with Gasteiger partial charge in [0.25, 0.3) is 0 Å². The molecule has 0 atom stereocenters. The summed E-state index contributed by atoms with van der Waals surface area (Å²) < 4.78 is 5.02. The molecule has 110 valence electrons. The van der Waals surface area contributed by atoms with Crippen LogP contribution in [0.15, 0.2) is 60.7 Å². The minimum absolute atomic E-state index is 0.00212. The summed E-state index contributed by atoms with van der Waals surface area (Å²) in [5.41, 5.74) is 2.21. The summed E-state index contributed by atoms with van der Waals surface area (Å²) in [6, 6.07) is 20.1. The summed E-state index contributed by atoms with van der Waals surface area (Å²) in [5.74, 6) is -0.00212. The molecule has 0 aromatic heterocycles. The van der Waals surface area contributed by atoms with Crippen molar-refractivity contribution in [3.63, 3.8) is 0 Å². The third-order valence-corrected chi connectivity index (χ3v) is 3.47. The first kappa shape index (κ1) is 15.3. The molecule has 2 aromatic rings. The zero-order valence-electron chi connectivity index (χ0n) is 12.5. The van der Waals surface area contributed by atoms with Gasteiger partial charge < -0.3 is 9.64 Å². The van der Waals surface area contributed by atoms with Crippen molar-refractivity contribution < 1.29 is 9.53 Å². The zero-order valence-corrected chi connectivity index (χ0v) is 12.5. The van der Waals surface area contributed by atoms with Gasteiger partial charge in [-0.05, 0) is 18.1 Å². The van der Waals surface area contributed by atoms with Crippen LogP contribution in [0.4, 0.5) is 0 Å². The molecule has 2 aromatic carbocycles. The monoisotopic (exact) mass is 283 g/mol. The summed E-state index contributed by atoms with van der Waals surface area (Å²) in [6.45, 7) is 2.73. The summed E-state index contributed by atoms with van der Waals surface area (Å²) in [4.78, 5) is 14.2. The van der Waals surface area contributed by atoms with Gasteiger partial charge in [-0.2, -0.15) is 0 Å². The highest BCUT2D eigenvalue weighted by atomic mass is 16.5. The summed E-state index contributed by atoms with van der Waals surface area (Å²) in [7, 11) is 1.55. The van der Waals surface area contributed by atoms with E-state index in [1.165, 1.54) is 0 Å². The normalized spacial score (nSPS) is 10.6. The molecule has 0 spiro atoms. The van der Waals surface area contributed by atoms with E-state index in [4.69, 9.17) is 4.74 Å². The first-order valence-electron chi connectivity index (χ1n) is 7.16. The molecule has 1 amide bonds. The maximum atomic E-state index is 12.4. The van der Waals surface area contributed by atoms with E-state index < -0.39 is 0 Å². The van der Waals surface area contributed by atoms with Crippen LogP contribution in [-0.2, 0) is 9.53 Å². The predicted octanol–water partition coefficient (Wildman–Crippen LogP) is 3.27. The third kappa shape index (κ3) is 3.70. The Balaban J connectivity index is 2.43. The Morgan fingerprint density at radius 2 is 1.48 bits per heavy atom. The third-order valence-electron chi connectivity index (χ3n) is 3.47. The number of hydrogen-bond acceptors (Lipinski definition) is 2. The van der Waals surface area contributed by atoms with Crippen molar-refractivity contribution in [2.45, 2.75) is 13.0 Å². The van der Waals surface area contributed by atoms with Crippen LogP contribution in [0.1, 0.15) is 24.1 Å². The van der Waals surface area contributed by atoms with Crippen LogP contribution < -0.4 is 0 Å². The van der Waals surface area contributed by atoms with Crippen LogP contribution in [0.25, 0.3) is 0 Å². The predicted molar refractivity (Wildman–Crippen MR) is 84.0 cm³/mol. The topological polar surface area (TPSA) is 29.5 Å². The van der Waals surface area contributed by atoms with E-state index in [0.717, 1.165) is 11.1 Å². The average Bonchev–Trinajstić information content (AvgIpc) is 2.54. The first-order valence-corrected chi connectivity index (χ1v) is 7.16. The highest BCUT2D eigenvalue weighted by molar-refractivity contribution is 5.78. The SMILES string of the molecule is CCN(C(=O)COC)C(c1ccccc1)c1ccccc1. The van der Waals surface area contributed by atoms with E-state index in [1.807, 2.05) is 48.2 Å². The number of methoxy groups -OCH3 is 1. The Labute approximate surface area is 126 Å². The lowest BCUT2D eigenvalue weighted by Gasteiger charge is -2.31. The highest BCUT2D eigenvalue weighted by Gasteiger charge is 2.24. The van der Waals surface area contributed by atoms with Crippen LogP contribution in [0.3, 0.4) is 0 Å². The van der Waals surface area contributed by atoms with Crippen molar-refractivity contribution >= 4 is 5.91 Å². The Bertz CT molecular complexity index is 514. The van der Waals surface area contributed by atoms with Crippen LogP contribution in [0, 0.1) is 0 Å². The van der Waals surface area contributed by atoms with Crippen molar-refractivity contribution in [3.8, 4) is 0 Å². The summed E-state index contributed by atoms with van der Waals surface area (Å²) in [6.07, 6.45) is 0. The lowest BCUT2D eigenvalue weighted by atomic mass is 9.97. The van der Waals surface area contributed by atoms with Crippen LogP contribution >= 0.6 is 0 Å². The molecule has 0 fully saturated rings.